The van der Waals surface area contributed by atoms with E-state index in [1.807, 2.05) is 42.5 Å². The van der Waals surface area contributed by atoms with Crippen LogP contribution in [0.3, 0.4) is 0 Å². The molecular weight excluding hydrogens is 444 g/mol. The van der Waals surface area contributed by atoms with Gasteiger partial charge in [0.05, 0.1) is 11.3 Å². The van der Waals surface area contributed by atoms with Gasteiger partial charge in [-0.05, 0) is 24.3 Å². The average molecular weight is 471 g/mol. The largest absolute Gasteiger partial charge is 0.369 e. The molecule has 1 saturated heterocycles. The van der Waals surface area contributed by atoms with E-state index in [9.17, 15) is 9.59 Å². The van der Waals surface area contributed by atoms with Crippen LogP contribution in [0.2, 0.25) is 5.02 Å². The summed E-state index contributed by atoms with van der Waals surface area (Å²) in [5.41, 5.74) is 1.97. The second-order valence-electron chi connectivity index (χ2n) is 7.87. The minimum atomic E-state index is -0.0662. The van der Waals surface area contributed by atoms with Crippen molar-refractivity contribution in [1.29, 1.82) is 0 Å². The summed E-state index contributed by atoms with van der Waals surface area (Å²) in [7, 11) is 1.76. The summed E-state index contributed by atoms with van der Waals surface area (Å²) in [5, 5.41) is 4.76. The first kappa shape index (κ1) is 22.7. The highest BCUT2D eigenvalue weighted by molar-refractivity contribution is 8.00. The summed E-state index contributed by atoms with van der Waals surface area (Å²) in [5.74, 6) is 0.275. The van der Waals surface area contributed by atoms with Crippen LogP contribution in [0.4, 0.5) is 5.69 Å². The van der Waals surface area contributed by atoms with Crippen LogP contribution < -0.4 is 15.8 Å². The number of amides is 1. The fourth-order valence-corrected chi connectivity index (χ4v) is 5.04. The van der Waals surface area contributed by atoms with Crippen molar-refractivity contribution in [3.8, 4) is 0 Å². The molecule has 3 aromatic rings. The lowest BCUT2D eigenvalue weighted by Gasteiger charge is -2.36. The summed E-state index contributed by atoms with van der Waals surface area (Å²) in [6.07, 6.45) is 0. The van der Waals surface area contributed by atoms with Crippen LogP contribution in [0.15, 0.2) is 64.3 Å². The number of para-hydroxylation sites is 1. The maximum Gasteiger partial charge on any atom is 0.251 e. The Bertz CT molecular complexity index is 1160. The maximum atomic E-state index is 12.4. The van der Waals surface area contributed by atoms with Gasteiger partial charge in [-0.15, -0.1) is 11.8 Å². The van der Waals surface area contributed by atoms with Crippen LogP contribution in [0.1, 0.15) is 0 Å². The van der Waals surface area contributed by atoms with Crippen molar-refractivity contribution in [1.82, 2.24) is 14.8 Å². The minimum absolute atomic E-state index is 0.0164. The highest BCUT2D eigenvalue weighted by atomic mass is 35.5. The second-order valence-corrected chi connectivity index (χ2v) is 9.32. The summed E-state index contributed by atoms with van der Waals surface area (Å²) in [6, 6.07) is 17.3. The third-order valence-electron chi connectivity index (χ3n) is 5.77. The number of thioether (sulfide) groups is 1. The molecule has 0 bridgehead atoms. The number of carbonyl (C=O) groups excluding carboxylic acids is 1. The predicted octanol–water partition coefficient (Wildman–Crippen LogP) is 3.22. The number of benzene rings is 2. The predicted molar refractivity (Wildman–Crippen MR) is 133 cm³/mol. The number of hydrogen-bond donors (Lipinski definition) is 1. The molecular formula is C24H27ClN4O2S. The Kier molecular flexibility index (Phi) is 7.40. The smallest absolute Gasteiger partial charge is 0.251 e. The van der Waals surface area contributed by atoms with Crippen molar-refractivity contribution in [2.75, 3.05) is 49.9 Å². The number of carbonyl (C=O) groups is 1. The molecule has 1 amide bonds. The molecule has 0 atom stereocenters. The van der Waals surface area contributed by atoms with Crippen LogP contribution >= 0.6 is 23.4 Å². The number of fused-ring (bicyclic) bond motifs is 1. The van der Waals surface area contributed by atoms with Crippen LogP contribution in [0.25, 0.3) is 10.9 Å². The summed E-state index contributed by atoms with van der Waals surface area (Å²) < 4.78 is 1.63. The van der Waals surface area contributed by atoms with Gasteiger partial charge in [0.1, 0.15) is 0 Å². The number of hydrogen-bond acceptors (Lipinski definition) is 5. The van der Waals surface area contributed by atoms with E-state index < -0.39 is 0 Å². The number of halogens is 1. The van der Waals surface area contributed by atoms with Crippen LogP contribution in [-0.4, -0.2) is 60.4 Å². The molecule has 1 aliphatic rings. The number of rotatable bonds is 7. The van der Waals surface area contributed by atoms with Gasteiger partial charge in [0.2, 0.25) is 5.91 Å². The number of anilines is 1. The Balaban J connectivity index is 1.22. The molecule has 2 aromatic carbocycles. The zero-order valence-electron chi connectivity index (χ0n) is 18.1. The van der Waals surface area contributed by atoms with E-state index in [4.69, 9.17) is 11.6 Å². The van der Waals surface area contributed by atoms with E-state index in [1.54, 1.807) is 17.7 Å². The fourth-order valence-electron chi connectivity index (χ4n) is 3.95. The number of nitrogens with one attached hydrogen (secondary N) is 1. The number of pyridine rings is 1. The van der Waals surface area contributed by atoms with E-state index in [-0.39, 0.29) is 11.5 Å². The highest BCUT2D eigenvalue weighted by Crippen LogP contribution is 2.26. The molecule has 1 fully saturated rings. The average Bonchev–Trinajstić information content (AvgIpc) is 2.81. The minimum Gasteiger partial charge on any atom is -0.369 e. The second kappa shape index (κ2) is 10.4. The molecule has 6 nitrogen and oxygen atoms in total. The number of aromatic nitrogens is 1. The van der Waals surface area contributed by atoms with E-state index in [0.717, 1.165) is 59.2 Å². The van der Waals surface area contributed by atoms with Crippen LogP contribution in [-0.2, 0) is 11.8 Å². The molecule has 1 N–H and O–H groups in total. The van der Waals surface area contributed by atoms with E-state index in [2.05, 4.69) is 21.2 Å². The first-order valence-electron chi connectivity index (χ1n) is 10.7. The molecule has 4 rings (SSSR count). The number of aryl methyl sites for hydroxylation is 1. The molecule has 32 heavy (non-hydrogen) atoms. The summed E-state index contributed by atoms with van der Waals surface area (Å²) >= 11 is 7.51. The molecule has 0 radical (unpaired) electrons. The monoisotopic (exact) mass is 470 g/mol. The zero-order chi connectivity index (χ0) is 22.5. The number of nitrogens with zero attached hydrogens (tertiary/aromatic N) is 3. The van der Waals surface area contributed by atoms with Gasteiger partial charge in [-0.25, -0.2) is 0 Å². The van der Waals surface area contributed by atoms with E-state index in [0.29, 0.717) is 12.3 Å². The van der Waals surface area contributed by atoms with Crippen molar-refractivity contribution >= 4 is 45.9 Å². The van der Waals surface area contributed by atoms with Crippen molar-refractivity contribution in [2.45, 2.75) is 4.90 Å². The molecule has 0 unspecified atom stereocenters. The molecule has 1 aromatic heterocycles. The van der Waals surface area contributed by atoms with Crippen molar-refractivity contribution < 1.29 is 4.79 Å². The lowest BCUT2D eigenvalue weighted by Crippen LogP contribution is -2.48. The molecule has 0 saturated carbocycles. The Morgan fingerprint density at radius 2 is 1.84 bits per heavy atom. The van der Waals surface area contributed by atoms with E-state index >= 15 is 0 Å². The van der Waals surface area contributed by atoms with Gasteiger partial charge in [0.25, 0.3) is 5.56 Å². The molecule has 1 aliphatic heterocycles. The van der Waals surface area contributed by atoms with Gasteiger partial charge in [-0.3, -0.25) is 14.5 Å². The first-order valence-corrected chi connectivity index (χ1v) is 12.1. The summed E-state index contributed by atoms with van der Waals surface area (Å²) in [4.78, 5) is 30.1. The fraction of sp³-hybridized carbons (Fsp3) is 0.333. The number of piperazine rings is 1. The SMILES string of the molecule is Cn1c(=O)cc(SCC(=O)NCCN2CCN(c3cccc(Cl)c3)CC2)c2ccccc21. The Morgan fingerprint density at radius 3 is 2.62 bits per heavy atom. The van der Waals surface area contributed by atoms with Gasteiger partial charge in [-0.2, -0.15) is 0 Å². The lowest BCUT2D eigenvalue weighted by molar-refractivity contribution is -0.118. The third kappa shape index (κ3) is 5.46. The Morgan fingerprint density at radius 1 is 1.06 bits per heavy atom. The quantitative estimate of drug-likeness (QED) is 0.537. The zero-order valence-corrected chi connectivity index (χ0v) is 19.7. The molecule has 2 heterocycles. The Hall–Kier alpha value is -2.48. The van der Waals surface area contributed by atoms with Crippen molar-refractivity contribution in [3.63, 3.8) is 0 Å². The van der Waals surface area contributed by atoms with Gasteiger partial charge in [0, 0.05) is 73.4 Å². The standard InChI is InChI=1S/C24H27ClN4O2S/c1-27-21-8-3-2-7-20(21)22(16-24(27)31)32-17-23(30)26-9-10-28-11-13-29(14-12-28)19-6-4-5-18(25)15-19/h2-8,15-16H,9-14,17H2,1H3,(H,26,30). The van der Waals surface area contributed by atoms with Crippen LogP contribution in [0.5, 0.6) is 0 Å². The topological polar surface area (TPSA) is 57.6 Å². The van der Waals surface area contributed by atoms with Crippen LogP contribution in [0, 0.1) is 0 Å². The highest BCUT2D eigenvalue weighted by Gasteiger charge is 2.17. The van der Waals surface area contributed by atoms with Crippen molar-refractivity contribution in [2.24, 2.45) is 7.05 Å². The van der Waals surface area contributed by atoms with Gasteiger partial charge >= 0.3 is 0 Å². The Labute approximate surface area is 197 Å². The molecule has 8 heteroatoms. The van der Waals surface area contributed by atoms with Gasteiger partial charge < -0.3 is 14.8 Å². The van der Waals surface area contributed by atoms with Gasteiger partial charge in [0.15, 0.2) is 0 Å². The third-order valence-corrected chi connectivity index (χ3v) is 7.06. The molecule has 0 aliphatic carbocycles. The van der Waals surface area contributed by atoms with Gasteiger partial charge in [-0.1, -0.05) is 35.9 Å². The van der Waals surface area contributed by atoms with Crippen molar-refractivity contribution in [3.05, 3.63) is 70.0 Å². The summed E-state index contributed by atoms with van der Waals surface area (Å²) in [6.45, 7) is 5.25. The lowest BCUT2D eigenvalue weighted by atomic mass is 10.2. The molecule has 0 spiro atoms. The normalized spacial score (nSPS) is 14.6. The van der Waals surface area contributed by atoms with E-state index in [1.165, 1.54) is 11.8 Å². The molecule has 168 valence electrons. The first-order chi connectivity index (χ1) is 15.5. The maximum absolute atomic E-state index is 12.4.